The van der Waals surface area contributed by atoms with Crippen LogP contribution in [0, 0.1) is 0 Å². The Hall–Kier alpha value is -2.12. The van der Waals surface area contributed by atoms with Crippen LogP contribution in [0.15, 0.2) is 53.0 Å². The van der Waals surface area contributed by atoms with Crippen LogP contribution in [0.5, 0.6) is 5.75 Å². The first kappa shape index (κ1) is 18.2. The van der Waals surface area contributed by atoms with Crippen LogP contribution in [-0.4, -0.2) is 17.6 Å². The lowest BCUT2D eigenvalue weighted by molar-refractivity contribution is -0.123. The number of amides is 1. The lowest BCUT2D eigenvalue weighted by atomic mass is 10.2. The molecule has 0 atom stereocenters. The average Bonchev–Trinajstić information content (AvgIpc) is 2.58. The van der Waals surface area contributed by atoms with Gasteiger partial charge in [0, 0.05) is 10.2 Å². The van der Waals surface area contributed by atoms with Crippen LogP contribution in [0.3, 0.4) is 0 Å². The average molecular weight is 408 g/mol. The second-order valence-electron chi connectivity index (χ2n) is 4.92. The second-order valence-corrected chi connectivity index (χ2v) is 6.25. The smallest absolute Gasteiger partial charge is 0.276 e. The molecule has 0 heterocycles. The molecular formula is C17H18BrN3O2S. The summed E-state index contributed by atoms with van der Waals surface area (Å²) in [5, 5.41) is 3.25. The number of hydrogen-bond acceptors (Lipinski definition) is 3. The molecule has 0 aromatic heterocycles. The minimum atomic E-state index is -0.326. The largest absolute Gasteiger partial charge is 0.484 e. The highest BCUT2D eigenvalue weighted by Crippen LogP contribution is 2.15. The SMILES string of the molecule is CCc1ccc(OCC(=O)NNC(=S)Nc2cccc(Br)c2)cc1. The summed E-state index contributed by atoms with van der Waals surface area (Å²) in [7, 11) is 0. The zero-order chi connectivity index (χ0) is 17.4. The number of carbonyl (C=O) groups is 1. The van der Waals surface area contributed by atoms with Gasteiger partial charge in [-0.2, -0.15) is 0 Å². The number of carbonyl (C=O) groups excluding carboxylic acids is 1. The minimum Gasteiger partial charge on any atom is -0.484 e. The second kappa shape index (κ2) is 9.24. The van der Waals surface area contributed by atoms with E-state index in [1.54, 1.807) is 0 Å². The summed E-state index contributed by atoms with van der Waals surface area (Å²) in [6, 6.07) is 15.2. The molecule has 0 unspecified atom stereocenters. The summed E-state index contributed by atoms with van der Waals surface area (Å²) in [5.41, 5.74) is 7.14. The summed E-state index contributed by atoms with van der Waals surface area (Å²) in [6.07, 6.45) is 0.965. The highest BCUT2D eigenvalue weighted by atomic mass is 79.9. The molecule has 5 nitrogen and oxygen atoms in total. The number of benzene rings is 2. The molecule has 0 saturated heterocycles. The summed E-state index contributed by atoms with van der Waals surface area (Å²) in [6.45, 7) is 1.98. The maximum absolute atomic E-state index is 11.8. The van der Waals surface area contributed by atoms with Gasteiger partial charge in [0.15, 0.2) is 11.7 Å². The highest BCUT2D eigenvalue weighted by molar-refractivity contribution is 9.10. The van der Waals surface area contributed by atoms with Crippen LogP contribution >= 0.6 is 28.1 Å². The third-order valence-corrected chi connectivity index (χ3v) is 3.80. The predicted octanol–water partition coefficient (Wildman–Crippen LogP) is 3.41. The Morgan fingerprint density at radius 2 is 1.92 bits per heavy atom. The Kier molecular flexibility index (Phi) is 7.02. The summed E-state index contributed by atoms with van der Waals surface area (Å²) >= 11 is 8.49. The number of nitrogens with one attached hydrogen (secondary N) is 3. The normalized spacial score (nSPS) is 9.92. The van der Waals surface area contributed by atoms with E-state index in [-0.39, 0.29) is 17.6 Å². The molecule has 0 spiro atoms. The van der Waals surface area contributed by atoms with Crippen molar-refractivity contribution in [3.63, 3.8) is 0 Å². The molecule has 24 heavy (non-hydrogen) atoms. The molecule has 0 radical (unpaired) electrons. The molecule has 126 valence electrons. The van der Waals surface area contributed by atoms with Crippen LogP contribution in [0.1, 0.15) is 12.5 Å². The van der Waals surface area contributed by atoms with Crippen molar-refractivity contribution in [3.8, 4) is 5.75 Å². The van der Waals surface area contributed by atoms with E-state index in [0.29, 0.717) is 5.75 Å². The van der Waals surface area contributed by atoms with E-state index in [9.17, 15) is 4.79 Å². The molecule has 2 aromatic rings. The number of ether oxygens (including phenoxy) is 1. The lowest BCUT2D eigenvalue weighted by Crippen LogP contribution is -2.45. The monoisotopic (exact) mass is 407 g/mol. The van der Waals surface area contributed by atoms with Crippen LogP contribution in [-0.2, 0) is 11.2 Å². The number of aryl methyl sites for hydroxylation is 1. The van der Waals surface area contributed by atoms with Crippen molar-refractivity contribution in [2.75, 3.05) is 11.9 Å². The van der Waals surface area contributed by atoms with Crippen molar-refractivity contribution in [1.82, 2.24) is 10.9 Å². The molecule has 0 saturated carbocycles. The summed E-state index contributed by atoms with van der Waals surface area (Å²) < 4.78 is 6.34. The fourth-order valence-electron chi connectivity index (χ4n) is 1.86. The Bertz CT molecular complexity index is 707. The number of hydrogen-bond donors (Lipinski definition) is 3. The Morgan fingerprint density at radius 3 is 2.58 bits per heavy atom. The molecular weight excluding hydrogens is 390 g/mol. The van der Waals surface area contributed by atoms with Gasteiger partial charge in [0.2, 0.25) is 0 Å². The molecule has 0 aliphatic rings. The zero-order valence-electron chi connectivity index (χ0n) is 13.1. The standard InChI is InChI=1S/C17H18BrN3O2S/c1-2-12-6-8-15(9-7-12)23-11-16(22)20-21-17(24)19-14-5-3-4-13(18)10-14/h3-10H,2,11H2,1H3,(H,20,22)(H2,19,21,24). The first-order chi connectivity index (χ1) is 11.6. The fraction of sp³-hybridized carbons (Fsp3) is 0.176. The van der Waals surface area contributed by atoms with Crippen molar-refractivity contribution >= 4 is 44.9 Å². The Labute approximate surface area is 154 Å². The van der Waals surface area contributed by atoms with E-state index < -0.39 is 0 Å². The first-order valence-electron chi connectivity index (χ1n) is 7.40. The third-order valence-electron chi connectivity index (χ3n) is 3.10. The van der Waals surface area contributed by atoms with Gasteiger partial charge >= 0.3 is 0 Å². The fourth-order valence-corrected chi connectivity index (χ4v) is 2.43. The van der Waals surface area contributed by atoms with E-state index in [1.165, 1.54) is 5.56 Å². The topological polar surface area (TPSA) is 62.4 Å². The molecule has 0 aliphatic heterocycles. The maximum Gasteiger partial charge on any atom is 0.276 e. The van der Waals surface area contributed by atoms with Gasteiger partial charge in [-0.15, -0.1) is 0 Å². The number of thiocarbonyl (C=S) groups is 1. The van der Waals surface area contributed by atoms with E-state index in [2.05, 4.69) is 39.0 Å². The third kappa shape index (κ3) is 6.17. The predicted molar refractivity (Wildman–Crippen MR) is 103 cm³/mol. The highest BCUT2D eigenvalue weighted by Gasteiger charge is 2.04. The number of halogens is 1. The first-order valence-corrected chi connectivity index (χ1v) is 8.60. The van der Waals surface area contributed by atoms with Gasteiger partial charge < -0.3 is 10.1 Å². The molecule has 2 rings (SSSR count). The van der Waals surface area contributed by atoms with Gasteiger partial charge in [-0.1, -0.05) is 41.1 Å². The van der Waals surface area contributed by atoms with E-state index >= 15 is 0 Å². The number of rotatable bonds is 5. The summed E-state index contributed by atoms with van der Waals surface area (Å²) in [5.74, 6) is 0.324. The zero-order valence-corrected chi connectivity index (χ0v) is 15.5. The molecule has 0 bridgehead atoms. The molecule has 0 aliphatic carbocycles. The van der Waals surface area contributed by atoms with Crippen LogP contribution in [0.25, 0.3) is 0 Å². The van der Waals surface area contributed by atoms with Gasteiger partial charge in [0.05, 0.1) is 0 Å². The molecule has 2 aromatic carbocycles. The molecule has 3 N–H and O–H groups in total. The lowest BCUT2D eigenvalue weighted by Gasteiger charge is -2.12. The maximum atomic E-state index is 11.8. The van der Waals surface area contributed by atoms with Crippen molar-refractivity contribution in [2.24, 2.45) is 0 Å². The number of hydrazine groups is 1. The van der Waals surface area contributed by atoms with E-state index in [0.717, 1.165) is 16.6 Å². The number of anilines is 1. The van der Waals surface area contributed by atoms with Crippen LogP contribution in [0.4, 0.5) is 5.69 Å². The Balaban J connectivity index is 1.71. The van der Waals surface area contributed by atoms with Crippen molar-refractivity contribution in [2.45, 2.75) is 13.3 Å². The summed E-state index contributed by atoms with van der Waals surface area (Å²) in [4.78, 5) is 11.8. The van der Waals surface area contributed by atoms with Crippen molar-refractivity contribution in [3.05, 3.63) is 58.6 Å². The Morgan fingerprint density at radius 1 is 1.17 bits per heavy atom. The molecule has 7 heteroatoms. The molecule has 1 amide bonds. The van der Waals surface area contributed by atoms with Crippen LogP contribution < -0.4 is 20.9 Å². The van der Waals surface area contributed by atoms with Crippen LogP contribution in [0.2, 0.25) is 0 Å². The van der Waals surface area contributed by atoms with Gasteiger partial charge in [-0.05, 0) is 54.5 Å². The molecule has 0 fully saturated rings. The van der Waals surface area contributed by atoms with Gasteiger partial charge in [-0.3, -0.25) is 15.6 Å². The van der Waals surface area contributed by atoms with E-state index in [1.807, 2.05) is 48.5 Å². The minimum absolute atomic E-state index is 0.0992. The van der Waals surface area contributed by atoms with E-state index in [4.69, 9.17) is 17.0 Å². The van der Waals surface area contributed by atoms with Gasteiger partial charge in [0.25, 0.3) is 5.91 Å². The quantitative estimate of drug-likeness (QED) is 0.523. The van der Waals surface area contributed by atoms with Crippen molar-refractivity contribution < 1.29 is 9.53 Å². The van der Waals surface area contributed by atoms with Gasteiger partial charge in [0.1, 0.15) is 5.75 Å². The van der Waals surface area contributed by atoms with Gasteiger partial charge in [-0.25, -0.2) is 0 Å². The van der Waals surface area contributed by atoms with Crippen molar-refractivity contribution in [1.29, 1.82) is 0 Å².